The lowest BCUT2D eigenvalue weighted by Gasteiger charge is -2.40. The Balaban J connectivity index is 1.85. The Labute approximate surface area is 185 Å². The van der Waals surface area contributed by atoms with E-state index in [-0.39, 0.29) is 19.2 Å². The van der Waals surface area contributed by atoms with Crippen molar-refractivity contribution in [3.63, 3.8) is 0 Å². The topological polar surface area (TPSA) is 102 Å². The maximum Gasteiger partial charge on any atom is 0.412 e. The van der Waals surface area contributed by atoms with Crippen LogP contribution in [0.1, 0.15) is 24.2 Å². The van der Waals surface area contributed by atoms with E-state index in [1.54, 1.807) is 12.1 Å². The molecule has 0 spiro atoms. The summed E-state index contributed by atoms with van der Waals surface area (Å²) in [6.07, 6.45) is -1.29. The summed E-state index contributed by atoms with van der Waals surface area (Å²) in [7, 11) is 0. The summed E-state index contributed by atoms with van der Waals surface area (Å²) in [5.74, 6) is -0.823. The van der Waals surface area contributed by atoms with Gasteiger partial charge in [-0.3, -0.25) is 4.79 Å². The average Bonchev–Trinajstić information content (AvgIpc) is 2.74. The van der Waals surface area contributed by atoms with E-state index in [2.05, 4.69) is 4.74 Å². The number of piperazine rings is 1. The molecular formula is C22H24ClN3O5. The van der Waals surface area contributed by atoms with Crippen molar-refractivity contribution in [3.05, 3.63) is 59.1 Å². The van der Waals surface area contributed by atoms with Crippen LogP contribution in [0.3, 0.4) is 0 Å². The number of hydrogen-bond acceptors (Lipinski definition) is 6. The van der Waals surface area contributed by atoms with Crippen molar-refractivity contribution < 1.29 is 23.9 Å². The second-order valence-corrected chi connectivity index (χ2v) is 7.76. The Kier molecular flexibility index (Phi) is 7.02. The molecule has 1 fully saturated rings. The molecule has 2 aromatic rings. The highest BCUT2D eigenvalue weighted by Gasteiger charge is 2.38. The predicted molar refractivity (Wildman–Crippen MR) is 116 cm³/mol. The van der Waals surface area contributed by atoms with Crippen LogP contribution >= 0.6 is 11.6 Å². The number of esters is 1. The second-order valence-electron chi connectivity index (χ2n) is 7.35. The molecule has 164 valence electrons. The molecule has 0 aliphatic carbocycles. The molecule has 1 heterocycles. The summed E-state index contributed by atoms with van der Waals surface area (Å²) < 4.78 is 10.2. The van der Waals surface area contributed by atoms with Gasteiger partial charge in [0.15, 0.2) is 0 Å². The number of ether oxygens (including phenoxy) is 2. The third kappa shape index (κ3) is 5.46. The van der Waals surface area contributed by atoms with E-state index in [1.807, 2.05) is 49.1 Å². The van der Waals surface area contributed by atoms with E-state index in [4.69, 9.17) is 22.1 Å². The number of anilines is 1. The molecule has 8 nitrogen and oxygen atoms in total. The average molecular weight is 446 g/mol. The van der Waals surface area contributed by atoms with Crippen LogP contribution in [0.4, 0.5) is 10.5 Å². The predicted octanol–water partition coefficient (Wildman–Crippen LogP) is 3.08. The lowest BCUT2D eigenvalue weighted by Crippen LogP contribution is -2.59. The second kappa shape index (κ2) is 9.70. The number of carbonyl (C=O) groups excluding carboxylic acids is 3. The highest BCUT2D eigenvalue weighted by atomic mass is 35.5. The van der Waals surface area contributed by atoms with E-state index < -0.39 is 24.0 Å². The van der Waals surface area contributed by atoms with Gasteiger partial charge in [-0.15, -0.1) is 0 Å². The lowest BCUT2D eigenvalue weighted by molar-refractivity contribution is -0.142. The zero-order valence-electron chi connectivity index (χ0n) is 17.3. The molecule has 0 aromatic heterocycles. The lowest BCUT2D eigenvalue weighted by atomic mass is 10.1. The van der Waals surface area contributed by atoms with E-state index >= 15 is 0 Å². The third-order valence-electron chi connectivity index (χ3n) is 4.78. The molecule has 0 saturated carbocycles. The molecule has 1 aliphatic heterocycles. The molecule has 0 bridgehead atoms. The molecule has 1 saturated heterocycles. The van der Waals surface area contributed by atoms with Gasteiger partial charge in [0.2, 0.25) is 0 Å². The van der Waals surface area contributed by atoms with Gasteiger partial charge in [0, 0.05) is 30.9 Å². The molecule has 31 heavy (non-hydrogen) atoms. The monoisotopic (exact) mass is 445 g/mol. The number of primary amides is 1. The maximum atomic E-state index is 13.2. The number of amides is 2. The largest absolute Gasteiger partial charge is 0.489 e. The molecule has 1 unspecified atom stereocenters. The van der Waals surface area contributed by atoms with Gasteiger partial charge in [0.05, 0.1) is 11.1 Å². The van der Waals surface area contributed by atoms with Crippen LogP contribution in [0.5, 0.6) is 5.75 Å². The highest BCUT2D eigenvalue weighted by molar-refractivity contribution is 6.32. The Morgan fingerprint density at radius 3 is 2.42 bits per heavy atom. The smallest absolute Gasteiger partial charge is 0.412 e. The summed E-state index contributed by atoms with van der Waals surface area (Å²) in [4.78, 5) is 40.3. The van der Waals surface area contributed by atoms with Crippen LogP contribution in [0.2, 0.25) is 5.02 Å². The van der Waals surface area contributed by atoms with Gasteiger partial charge in [0.25, 0.3) is 5.91 Å². The molecule has 3 rings (SSSR count). The van der Waals surface area contributed by atoms with Crippen LogP contribution in [0, 0.1) is 0 Å². The number of benzene rings is 2. The first-order chi connectivity index (χ1) is 14.8. The van der Waals surface area contributed by atoms with E-state index in [9.17, 15) is 14.4 Å². The molecule has 2 aromatic carbocycles. The minimum Gasteiger partial charge on any atom is -0.489 e. The van der Waals surface area contributed by atoms with Gasteiger partial charge in [-0.1, -0.05) is 29.8 Å². The molecule has 9 heteroatoms. The Hall–Kier alpha value is -3.26. The normalized spacial score (nSPS) is 16.2. The first-order valence-electron chi connectivity index (χ1n) is 9.84. The molecule has 2 amide bonds. The Bertz CT molecular complexity index is 967. The third-order valence-corrected chi connectivity index (χ3v) is 5.07. The maximum absolute atomic E-state index is 13.2. The fourth-order valence-electron chi connectivity index (χ4n) is 3.42. The number of rotatable bonds is 5. The van der Waals surface area contributed by atoms with Crippen molar-refractivity contribution in [2.75, 3.05) is 24.5 Å². The van der Waals surface area contributed by atoms with Crippen molar-refractivity contribution in [1.29, 1.82) is 0 Å². The Morgan fingerprint density at radius 1 is 1.10 bits per heavy atom. The molecule has 0 radical (unpaired) electrons. The number of carbonyl (C=O) groups is 3. The van der Waals surface area contributed by atoms with Crippen molar-refractivity contribution in [2.24, 2.45) is 5.73 Å². The van der Waals surface area contributed by atoms with Gasteiger partial charge in [-0.05, 0) is 44.2 Å². The first-order valence-corrected chi connectivity index (χ1v) is 10.2. The minimum atomic E-state index is -1.22. The van der Waals surface area contributed by atoms with Gasteiger partial charge in [0.1, 0.15) is 11.8 Å². The van der Waals surface area contributed by atoms with Crippen LogP contribution < -0.4 is 15.4 Å². The summed E-state index contributed by atoms with van der Waals surface area (Å²) in [5, 5.41) is 0.290. The Morgan fingerprint density at radius 2 is 1.81 bits per heavy atom. The van der Waals surface area contributed by atoms with Crippen molar-refractivity contribution in [3.8, 4) is 5.75 Å². The first kappa shape index (κ1) is 22.4. The summed E-state index contributed by atoms with van der Waals surface area (Å²) in [6.45, 7) is 4.64. The quantitative estimate of drug-likeness (QED) is 0.560. The number of nitrogens with two attached hydrogens (primary N) is 1. The van der Waals surface area contributed by atoms with E-state index in [1.165, 1.54) is 11.0 Å². The van der Waals surface area contributed by atoms with Gasteiger partial charge >= 0.3 is 12.1 Å². The van der Waals surface area contributed by atoms with Crippen molar-refractivity contribution in [2.45, 2.75) is 26.0 Å². The summed E-state index contributed by atoms with van der Waals surface area (Å²) in [5.41, 5.74) is 6.21. The van der Waals surface area contributed by atoms with E-state index in [0.717, 1.165) is 5.69 Å². The number of hydrogen-bond donors (Lipinski definition) is 1. The van der Waals surface area contributed by atoms with Crippen LogP contribution in [0.15, 0.2) is 48.5 Å². The van der Waals surface area contributed by atoms with Crippen LogP contribution in [-0.2, 0) is 9.53 Å². The number of para-hydroxylation sites is 1. The minimum absolute atomic E-state index is 0.0712. The summed E-state index contributed by atoms with van der Waals surface area (Å²) >= 11 is 6.27. The SMILES string of the molecule is CC(C)Oc1ccc(C(=O)N2CCN(c3ccccc3)CC2C(=O)OC(N)=O)cc1Cl. The highest BCUT2D eigenvalue weighted by Crippen LogP contribution is 2.28. The van der Waals surface area contributed by atoms with Gasteiger partial charge in [-0.25, -0.2) is 9.59 Å². The standard InChI is InChI=1S/C22H24ClN3O5/c1-14(2)30-19-9-8-15(12-17(19)23)20(27)26-11-10-25(16-6-4-3-5-7-16)13-18(26)21(28)31-22(24)29/h3-9,12,14,18H,10-11,13H2,1-2H3,(H2,24,29). The zero-order chi connectivity index (χ0) is 22.5. The van der Waals surface area contributed by atoms with Crippen LogP contribution in [-0.4, -0.2) is 54.6 Å². The zero-order valence-corrected chi connectivity index (χ0v) is 18.0. The fraction of sp³-hybridized carbons (Fsp3) is 0.318. The number of nitrogens with zero attached hydrogens (tertiary/aromatic N) is 2. The van der Waals surface area contributed by atoms with Crippen LogP contribution in [0.25, 0.3) is 0 Å². The fourth-order valence-corrected chi connectivity index (χ4v) is 3.64. The molecular weight excluding hydrogens is 422 g/mol. The molecule has 1 atom stereocenters. The summed E-state index contributed by atoms with van der Waals surface area (Å²) in [6, 6.07) is 13.2. The van der Waals surface area contributed by atoms with Crippen molar-refractivity contribution >= 4 is 35.3 Å². The van der Waals surface area contributed by atoms with E-state index in [0.29, 0.717) is 22.9 Å². The molecule has 2 N–H and O–H groups in total. The van der Waals surface area contributed by atoms with Gasteiger partial charge < -0.3 is 25.0 Å². The number of halogens is 1. The molecule has 1 aliphatic rings. The van der Waals surface area contributed by atoms with Crippen molar-refractivity contribution in [1.82, 2.24) is 4.90 Å². The van der Waals surface area contributed by atoms with Gasteiger partial charge in [-0.2, -0.15) is 0 Å².